The first-order valence-corrected chi connectivity index (χ1v) is 3.16. The molecule has 0 aromatic heterocycles. The first-order valence-electron chi connectivity index (χ1n) is 3.16. The van der Waals surface area contributed by atoms with E-state index in [1.165, 1.54) is 0 Å². The maximum atomic E-state index is 8.84. The fourth-order valence-corrected chi connectivity index (χ4v) is 0.532. The van der Waals surface area contributed by atoms with Gasteiger partial charge < -0.3 is 20.4 Å². The van der Waals surface area contributed by atoms with Crippen LogP contribution in [0.5, 0.6) is 0 Å². The van der Waals surface area contributed by atoms with Crippen LogP contribution in [-0.2, 0) is 0 Å². The summed E-state index contributed by atoms with van der Waals surface area (Å²) in [7, 11) is 0. The largest absolute Gasteiger partial charge is 0.396 e. The van der Waals surface area contributed by atoms with Crippen molar-refractivity contribution in [1.29, 1.82) is 0 Å². The predicted octanol–water partition coefficient (Wildman–Crippen LogP) is -0.983. The highest BCUT2D eigenvalue weighted by molar-refractivity contribution is 4.83. The topological polar surface area (TPSA) is 80.9 Å². The lowest BCUT2D eigenvalue weighted by molar-refractivity contribution is 0.0415. The molecule has 10 heavy (non-hydrogen) atoms. The van der Waals surface area contributed by atoms with Crippen LogP contribution in [0, 0.1) is 6.10 Å². The van der Waals surface area contributed by atoms with Gasteiger partial charge in [0.15, 0.2) is 0 Å². The highest BCUT2D eigenvalue weighted by Crippen LogP contribution is 2.08. The van der Waals surface area contributed by atoms with Crippen molar-refractivity contribution in [3.63, 3.8) is 0 Å². The summed E-state index contributed by atoms with van der Waals surface area (Å²) in [6, 6.07) is 0. The molecule has 0 aromatic carbocycles. The summed E-state index contributed by atoms with van der Waals surface area (Å²) in [5, 5.41) is 34.2. The minimum Gasteiger partial charge on any atom is -0.396 e. The Morgan fingerprint density at radius 3 is 2.30 bits per heavy atom. The molecule has 4 heteroatoms. The molecule has 61 valence electrons. The Bertz CT molecular complexity index is 76.1. The molecule has 0 rings (SSSR count). The molecule has 0 fully saturated rings. The molecule has 0 heterocycles. The fraction of sp³-hybridized carbons (Fsp3) is 0.833. The molecule has 0 amide bonds. The molecular weight excluding hydrogens is 136 g/mol. The van der Waals surface area contributed by atoms with Crippen LogP contribution < -0.4 is 0 Å². The predicted molar refractivity (Wildman–Crippen MR) is 34.6 cm³/mol. The molecule has 1 radical (unpaired) electrons. The molecule has 0 aliphatic rings. The van der Waals surface area contributed by atoms with Gasteiger partial charge in [0.25, 0.3) is 0 Å². The molecule has 0 spiro atoms. The highest BCUT2D eigenvalue weighted by Gasteiger charge is 2.14. The van der Waals surface area contributed by atoms with E-state index in [1.54, 1.807) is 0 Å². The monoisotopic (exact) mass is 149 g/mol. The van der Waals surface area contributed by atoms with Crippen molar-refractivity contribution in [2.24, 2.45) is 0 Å². The Morgan fingerprint density at radius 1 is 1.30 bits per heavy atom. The molecule has 1 unspecified atom stereocenters. The van der Waals surface area contributed by atoms with Gasteiger partial charge in [0.05, 0.1) is 6.61 Å². The van der Waals surface area contributed by atoms with Gasteiger partial charge in [0.2, 0.25) is 0 Å². The van der Waals surface area contributed by atoms with E-state index in [-0.39, 0.29) is 19.1 Å². The molecule has 4 N–H and O–H groups in total. The summed E-state index contributed by atoms with van der Waals surface area (Å²) < 4.78 is 0. The Balaban J connectivity index is 3.31. The molecule has 0 aliphatic carbocycles. The molecule has 0 aromatic rings. The standard InChI is InChI=1S/C6H13O4/c7-3-1-2-5(9)6(10)4-8/h6-10H,1-4H2. The van der Waals surface area contributed by atoms with E-state index in [0.29, 0.717) is 6.42 Å². The van der Waals surface area contributed by atoms with Gasteiger partial charge >= 0.3 is 0 Å². The van der Waals surface area contributed by atoms with Crippen LogP contribution in [-0.4, -0.2) is 39.7 Å². The van der Waals surface area contributed by atoms with Crippen LogP contribution in [0.3, 0.4) is 0 Å². The minimum atomic E-state index is -1.16. The van der Waals surface area contributed by atoms with Crippen molar-refractivity contribution in [1.82, 2.24) is 0 Å². The molecule has 1 atom stereocenters. The van der Waals surface area contributed by atoms with E-state index in [9.17, 15) is 0 Å². The second kappa shape index (κ2) is 5.61. The quantitative estimate of drug-likeness (QED) is 0.405. The second-order valence-corrected chi connectivity index (χ2v) is 2.02. The average Bonchev–Trinajstić information content (AvgIpc) is 1.98. The zero-order chi connectivity index (χ0) is 7.98. The van der Waals surface area contributed by atoms with Crippen molar-refractivity contribution >= 4 is 0 Å². The summed E-state index contributed by atoms with van der Waals surface area (Å²) in [4.78, 5) is 0. The zero-order valence-electron chi connectivity index (χ0n) is 5.69. The van der Waals surface area contributed by atoms with Gasteiger partial charge in [-0.2, -0.15) is 0 Å². The molecular formula is C6H13O4. The van der Waals surface area contributed by atoms with E-state index < -0.39 is 12.7 Å². The Morgan fingerprint density at radius 2 is 1.90 bits per heavy atom. The maximum Gasteiger partial charge on any atom is 0.124 e. The number of hydrogen-bond acceptors (Lipinski definition) is 4. The third-order valence-electron chi connectivity index (χ3n) is 1.15. The smallest absolute Gasteiger partial charge is 0.124 e. The average molecular weight is 149 g/mol. The van der Waals surface area contributed by atoms with Gasteiger partial charge in [-0.3, -0.25) is 0 Å². The number of hydrogen-bond donors (Lipinski definition) is 4. The summed E-state index contributed by atoms with van der Waals surface area (Å²) in [5.41, 5.74) is 0. The van der Waals surface area contributed by atoms with Gasteiger partial charge in [-0.1, -0.05) is 0 Å². The summed E-state index contributed by atoms with van der Waals surface area (Å²) >= 11 is 0. The normalized spacial score (nSPS) is 14.1. The molecule has 0 aliphatic heterocycles. The van der Waals surface area contributed by atoms with Crippen LogP contribution in [0.1, 0.15) is 12.8 Å². The minimum absolute atomic E-state index is 0.0256. The first kappa shape index (κ1) is 9.84. The summed E-state index contributed by atoms with van der Waals surface area (Å²) in [6.45, 7) is -0.501. The SMILES string of the molecule is OCCC[C](O)C(O)CO. The van der Waals surface area contributed by atoms with Crippen molar-refractivity contribution < 1.29 is 20.4 Å². The number of rotatable bonds is 5. The van der Waals surface area contributed by atoms with Crippen molar-refractivity contribution in [3.8, 4) is 0 Å². The highest BCUT2D eigenvalue weighted by atomic mass is 16.4. The first-order chi connectivity index (χ1) is 4.72. The van der Waals surface area contributed by atoms with Gasteiger partial charge in [-0.15, -0.1) is 0 Å². The van der Waals surface area contributed by atoms with Gasteiger partial charge in [0, 0.05) is 6.61 Å². The third-order valence-corrected chi connectivity index (χ3v) is 1.15. The van der Waals surface area contributed by atoms with Crippen LogP contribution >= 0.6 is 0 Å². The zero-order valence-corrected chi connectivity index (χ0v) is 5.69. The fourth-order valence-electron chi connectivity index (χ4n) is 0.532. The van der Waals surface area contributed by atoms with E-state index in [1.807, 2.05) is 0 Å². The van der Waals surface area contributed by atoms with Gasteiger partial charge in [0.1, 0.15) is 12.2 Å². The van der Waals surface area contributed by atoms with Crippen molar-refractivity contribution in [2.75, 3.05) is 13.2 Å². The lowest BCUT2D eigenvalue weighted by atomic mass is 10.1. The third kappa shape index (κ3) is 3.79. The lowest BCUT2D eigenvalue weighted by Crippen LogP contribution is -2.22. The summed E-state index contributed by atoms with van der Waals surface area (Å²) in [5.74, 6) is 0. The number of aliphatic hydroxyl groups excluding tert-OH is 4. The molecule has 0 bridgehead atoms. The maximum absolute atomic E-state index is 8.84. The Kier molecular flexibility index (Phi) is 5.52. The summed E-state index contributed by atoms with van der Waals surface area (Å²) in [6.07, 6.45) is -0.690. The second-order valence-electron chi connectivity index (χ2n) is 2.02. The van der Waals surface area contributed by atoms with Crippen LogP contribution in [0.2, 0.25) is 0 Å². The van der Waals surface area contributed by atoms with Crippen LogP contribution in [0.4, 0.5) is 0 Å². The van der Waals surface area contributed by atoms with Crippen molar-refractivity contribution in [3.05, 3.63) is 6.10 Å². The molecule has 4 nitrogen and oxygen atoms in total. The van der Waals surface area contributed by atoms with Gasteiger partial charge in [-0.05, 0) is 12.8 Å². The Hall–Kier alpha value is -0.160. The Labute approximate surface area is 59.7 Å². The van der Waals surface area contributed by atoms with Crippen LogP contribution in [0.15, 0.2) is 0 Å². The molecule has 0 saturated heterocycles. The van der Waals surface area contributed by atoms with Crippen molar-refractivity contribution in [2.45, 2.75) is 18.9 Å². The number of aliphatic hydroxyl groups is 4. The van der Waals surface area contributed by atoms with E-state index in [2.05, 4.69) is 0 Å². The molecule has 0 saturated carbocycles. The van der Waals surface area contributed by atoms with E-state index >= 15 is 0 Å². The van der Waals surface area contributed by atoms with E-state index in [4.69, 9.17) is 20.4 Å². The lowest BCUT2D eigenvalue weighted by Gasteiger charge is -2.12. The van der Waals surface area contributed by atoms with Gasteiger partial charge in [-0.25, -0.2) is 0 Å². The van der Waals surface area contributed by atoms with E-state index in [0.717, 1.165) is 0 Å². The van der Waals surface area contributed by atoms with Crippen LogP contribution in [0.25, 0.3) is 0 Å².